The summed E-state index contributed by atoms with van der Waals surface area (Å²) in [5, 5.41) is 0. The van der Waals surface area contributed by atoms with Gasteiger partial charge in [-0.2, -0.15) is 0 Å². The van der Waals surface area contributed by atoms with Crippen LogP contribution < -0.4 is 9.47 Å². The van der Waals surface area contributed by atoms with E-state index in [9.17, 15) is 4.79 Å². The van der Waals surface area contributed by atoms with E-state index in [1.807, 2.05) is 35.2 Å². The molecule has 1 aliphatic carbocycles. The maximum absolute atomic E-state index is 13.7. The lowest BCUT2D eigenvalue weighted by Gasteiger charge is -2.40. The first-order chi connectivity index (χ1) is 16.1. The summed E-state index contributed by atoms with van der Waals surface area (Å²) in [7, 11) is 3.21. The van der Waals surface area contributed by atoms with Crippen LogP contribution in [0.2, 0.25) is 0 Å². The Morgan fingerprint density at radius 3 is 2.45 bits per heavy atom. The summed E-state index contributed by atoms with van der Waals surface area (Å²) in [5.41, 5.74) is 2.96. The number of hydrogen-bond acceptors (Lipinski definition) is 4. The molecule has 4 rings (SSSR count). The summed E-state index contributed by atoms with van der Waals surface area (Å²) in [6, 6.07) is 16.9. The number of nitrogens with zero attached hydrogens (tertiary/aromatic N) is 2. The summed E-state index contributed by atoms with van der Waals surface area (Å²) < 4.78 is 10.8. The summed E-state index contributed by atoms with van der Waals surface area (Å²) in [5.74, 6) is 1.25. The Morgan fingerprint density at radius 2 is 1.79 bits per heavy atom. The van der Waals surface area contributed by atoms with Gasteiger partial charge >= 0.3 is 0 Å². The highest BCUT2D eigenvalue weighted by Crippen LogP contribution is 2.32. The Bertz CT molecular complexity index is 968. The van der Waals surface area contributed by atoms with Gasteiger partial charge in [0, 0.05) is 30.7 Å². The van der Waals surface area contributed by atoms with Crippen molar-refractivity contribution in [3.63, 3.8) is 0 Å². The maximum atomic E-state index is 13.7. The van der Waals surface area contributed by atoms with E-state index >= 15 is 0 Å². The van der Waals surface area contributed by atoms with Crippen molar-refractivity contribution < 1.29 is 14.3 Å². The van der Waals surface area contributed by atoms with Crippen LogP contribution in [0.3, 0.4) is 0 Å². The topological polar surface area (TPSA) is 42.0 Å². The zero-order chi connectivity index (χ0) is 23.2. The van der Waals surface area contributed by atoms with E-state index < -0.39 is 0 Å². The lowest BCUT2D eigenvalue weighted by atomic mass is 9.91. The molecule has 2 aromatic carbocycles. The van der Waals surface area contributed by atoms with Gasteiger partial charge in [0.1, 0.15) is 0 Å². The monoisotopic (exact) mass is 448 g/mol. The van der Waals surface area contributed by atoms with E-state index in [0.29, 0.717) is 35.7 Å². The fraction of sp³-hybridized carbons (Fsp3) is 0.464. The second kappa shape index (κ2) is 10.9. The molecule has 2 fully saturated rings. The van der Waals surface area contributed by atoms with Crippen LogP contribution in [-0.4, -0.2) is 61.6 Å². The molecule has 0 N–H and O–H groups in total. The van der Waals surface area contributed by atoms with Crippen molar-refractivity contribution >= 4 is 12.0 Å². The molecule has 0 radical (unpaired) electrons. The van der Waals surface area contributed by atoms with Gasteiger partial charge in [0.25, 0.3) is 5.91 Å². The second-order valence-electron chi connectivity index (χ2n) is 9.28. The average Bonchev–Trinajstić information content (AvgIpc) is 3.24. The lowest BCUT2D eigenvalue weighted by molar-refractivity contribution is 0.0630. The maximum Gasteiger partial charge on any atom is 0.254 e. The van der Waals surface area contributed by atoms with E-state index in [1.165, 1.54) is 31.3 Å². The number of ether oxygens (including phenoxy) is 2. The zero-order valence-electron chi connectivity index (χ0n) is 20.1. The van der Waals surface area contributed by atoms with Gasteiger partial charge in [0.2, 0.25) is 0 Å². The van der Waals surface area contributed by atoms with Crippen molar-refractivity contribution in [2.45, 2.75) is 51.1 Å². The molecule has 1 heterocycles. The molecule has 0 unspecified atom stereocenters. The van der Waals surface area contributed by atoms with E-state index in [-0.39, 0.29) is 5.91 Å². The highest BCUT2D eigenvalue weighted by atomic mass is 16.5. The van der Waals surface area contributed by atoms with Crippen molar-refractivity contribution in [2.24, 2.45) is 0 Å². The minimum atomic E-state index is 0.0391. The SMILES string of the molecule is COc1ccc(C(=O)N(C/C(C)=C/c2ccccc2)C[C@@H]2CCCN2C2CCC2)cc1OC. The Balaban J connectivity index is 1.57. The Hall–Kier alpha value is -2.79. The Kier molecular flexibility index (Phi) is 7.71. The van der Waals surface area contributed by atoms with Crippen LogP contribution in [0.5, 0.6) is 11.5 Å². The van der Waals surface area contributed by atoms with Crippen LogP contribution in [0.25, 0.3) is 6.08 Å². The lowest BCUT2D eigenvalue weighted by Crippen LogP contribution is -2.49. The third kappa shape index (κ3) is 5.59. The highest BCUT2D eigenvalue weighted by Gasteiger charge is 2.35. The van der Waals surface area contributed by atoms with Gasteiger partial charge in [-0.05, 0) is 62.9 Å². The molecule has 0 aromatic heterocycles. The van der Waals surface area contributed by atoms with Gasteiger partial charge in [0.15, 0.2) is 11.5 Å². The van der Waals surface area contributed by atoms with Gasteiger partial charge in [-0.15, -0.1) is 0 Å². The van der Waals surface area contributed by atoms with Gasteiger partial charge in [-0.25, -0.2) is 0 Å². The number of benzene rings is 2. The molecule has 0 bridgehead atoms. The van der Waals surface area contributed by atoms with Gasteiger partial charge in [-0.3, -0.25) is 9.69 Å². The van der Waals surface area contributed by atoms with Crippen LogP contribution in [0.15, 0.2) is 54.1 Å². The number of likely N-dealkylation sites (tertiary alicyclic amines) is 1. The van der Waals surface area contributed by atoms with Crippen LogP contribution in [0, 0.1) is 0 Å². The van der Waals surface area contributed by atoms with Crippen LogP contribution in [0.1, 0.15) is 54.9 Å². The van der Waals surface area contributed by atoms with E-state index in [4.69, 9.17) is 9.47 Å². The Morgan fingerprint density at radius 1 is 1.03 bits per heavy atom. The number of hydrogen-bond donors (Lipinski definition) is 0. The quantitative estimate of drug-likeness (QED) is 0.524. The fourth-order valence-electron chi connectivity index (χ4n) is 5.06. The molecule has 5 nitrogen and oxygen atoms in total. The van der Waals surface area contributed by atoms with Crippen LogP contribution in [0.4, 0.5) is 0 Å². The first kappa shape index (κ1) is 23.4. The zero-order valence-corrected chi connectivity index (χ0v) is 20.1. The van der Waals surface area contributed by atoms with Gasteiger partial charge in [0.05, 0.1) is 14.2 Å². The second-order valence-corrected chi connectivity index (χ2v) is 9.28. The normalized spacial score (nSPS) is 19.2. The molecule has 176 valence electrons. The smallest absolute Gasteiger partial charge is 0.254 e. The molecule has 5 heteroatoms. The molecule has 2 aromatic rings. The highest BCUT2D eigenvalue weighted by molar-refractivity contribution is 5.95. The number of carbonyl (C=O) groups excluding carboxylic acids is 1. The van der Waals surface area contributed by atoms with Gasteiger partial charge < -0.3 is 14.4 Å². The van der Waals surface area contributed by atoms with Crippen molar-refractivity contribution in [2.75, 3.05) is 33.9 Å². The standard InChI is InChI=1S/C28H36N2O3/c1-21(17-22-9-5-4-6-10-22)19-29(20-25-13-8-16-30(25)24-11-7-12-24)28(31)23-14-15-26(32-2)27(18-23)33-3/h4-6,9-10,14-15,17-18,24-25H,7-8,11-13,16,19-20H2,1-3H3/b21-17+/t25-/m0/s1. The molecule has 1 aliphatic heterocycles. The largest absolute Gasteiger partial charge is 0.493 e. The molecular weight excluding hydrogens is 412 g/mol. The number of carbonyl (C=O) groups is 1. The van der Waals surface area contributed by atoms with Gasteiger partial charge in [-0.1, -0.05) is 48.4 Å². The Labute approximate surface area is 198 Å². The summed E-state index contributed by atoms with van der Waals surface area (Å²) in [6.45, 7) is 4.63. The first-order valence-corrected chi connectivity index (χ1v) is 12.1. The molecule has 1 amide bonds. The predicted molar refractivity (Wildman–Crippen MR) is 133 cm³/mol. The van der Waals surface area contributed by atoms with Crippen molar-refractivity contribution in [3.8, 4) is 11.5 Å². The summed E-state index contributed by atoms with van der Waals surface area (Å²) in [6.07, 6.45) is 8.49. The molecular formula is C28H36N2O3. The third-order valence-electron chi connectivity index (χ3n) is 6.97. The number of methoxy groups -OCH3 is 2. The fourth-order valence-corrected chi connectivity index (χ4v) is 5.06. The molecule has 0 spiro atoms. The third-order valence-corrected chi connectivity index (χ3v) is 6.97. The van der Waals surface area contributed by atoms with E-state index in [1.54, 1.807) is 20.3 Å². The number of rotatable bonds is 9. The number of amides is 1. The minimum Gasteiger partial charge on any atom is -0.493 e. The molecule has 33 heavy (non-hydrogen) atoms. The molecule has 1 atom stereocenters. The summed E-state index contributed by atoms with van der Waals surface area (Å²) in [4.78, 5) is 18.4. The minimum absolute atomic E-state index is 0.0391. The average molecular weight is 449 g/mol. The van der Waals surface area contributed by atoms with E-state index in [0.717, 1.165) is 25.1 Å². The first-order valence-electron chi connectivity index (χ1n) is 12.1. The van der Waals surface area contributed by atoms with Crippen LogP contribution in [-0.2, 0) is 0 Å². The van der Waals surface area contributed by atoms with Crippen LogP contribution >= 0.6 is 0 Å². The van der Waals surface area contributed by atoms with Crippen molar-refractivity contribution in [1.82, 2.24) is 9.80 Å². The molecule has 2 aliphatic rings. The predicted octanol–water partition coefficient (Wildman–Crippen LogP) is 5.27. The van der Waals surface area contributed by atoms with E-state index in [2.05, 4.69) is 30.0 Å². The molecule has 1 saturated carbocycles. The van der Waals surface area contributed by atoms with Crippen molar-refractivity contribution in [3.05, 3.63) is 65.2 Å². The summed E-state index contributed by atoms with van der Waals surface area (Å²) >= 11 is 0. The molecule has 1 saturated heterocycles. The van der Waals surface area contributed by atoms with Crippen molar-refractivity contribution in [1.29, 1.82) is 0 Å².